The molecule has 1 aliphatic rings. The summed E-state index contributed by atoms with van der Waals surface area (Å²) in [5, 5.41) is 12.8. The molecule has 1 unspecified atom stereocenters. The highest BCUT2D eigenvalue weighted by molar-refractivity contribution is 9.10. The van der Waals surface area contributed by atoms with E-state index in [-0.39, 0.29) is 0 Å². The number of hydrogen-bond acceptors (Lipinski definition) is 2. The molecule has 0 aromatic heterocycles. The van der Waals surface area contributed by atoms with Crippen LogP contribution in [0.1, 0.15) is 50.1 Å². The Morgan fingerprint density at radius 3 is 2.53 bits per heavy atom. The van der Waals surface area contributed by atoms with E-state index in [1.165, 1.54) is 25.7 Å². The molecule has 0 spiro atoms. The minimum atomic E-state index is -0.803. The van der Waals surface area contributed by atoms with Gasteiger partial charge in [0.05, 0.1) is 0 Å². The van der Waals surface area contributed by atoms with E-state index in [9.17, 15) is 9.90 Å². The van der Waals surface area contributed by atoms with Gasteiger partial charge in [0.1, 0.15) is 6.04 Å². The number of rotatable bonds is 4. The molecule has 0 amide bonds. The van der Waals surface area contributed by atoms with Crippen molar-refractivity contribution in [1.82, 2.24) is 5.32 Å². The van der Waals surface area contributed by atoms with Gasteiger partial charge in [0, 0.05) is 10.5 Å². The van der Waals surface area contributed by atoms with Gasteiger partial charge in [-0.1, -0.05) is 53.7 Å². The van der Waals surface area contributed by atoms with Crippen LogP contribution in [0.25, 0.3) is 0 Å². The van der Waals surface area contributed by atoms with Crippen LogP contribution in [-0.2, 0) is 4.79 Å². The first kappa shape index (κ1) is 14.5. The van der Waals surface area contributed by atoms with Crippen molar-refractivity contribution < 1.29 is 9.90 Å². The summed E-state index contributed by atoms with van der Waals surface area (Å²) in [6.07, 6.45) is 7.10. The Morgan fingerprint density at radius 2 is 1.95 bits per heavy atom. The second-order valence-corrected chi connectivity index (χ2v) is 6.10. The average molecular weight is 326 g/mol. The van der Waals surface area contributed by atoms with Crippen molar-refractivity contribution in [3.05, 3.63) is 34.3 Å². The fourth-order valence-corrected chi connectivity index (χ4v) is 3.09. The normalized spacial score (nSPS) is 18.8. The predicted octanol–water partition coefficient (Wildman–Crippen LogP) is 3.89. The first-order valence-corrected chi connectivity index (χ1v) is 7.70. The Hall–Kier alpha value is -0.870. The maximum absolute atomic E-state index is 11.5. The summed E-state index contributed by atoms with van der Waals surface area (Å²) in [5.41, 5.74) is 0.811. The summed E-state index contributed by atoms with van der Waals surface area (Å²) in [5.74, 6) is -0.803. The Labute approximate surface area is 122 Å². The summed E-state index contributed by atoms with van der Waals surface area (Å²) in [4.78, 5) is 11.5. The molecule has 0 radical (unpaired) electrons. The number of halogens is 1. The summed E-state index contributed by atoms with van der Waals surface area (Å²) in [6.45, 7) is 0. The zero-order valence-corrected chi connectivity index (χ0v) is 12.5. The molecule has 0 bridgehead atoms. The third kappa shape index (κ3) is 4.32. The van der Waals surface area contributed by atoms with E-state index in [4.69, 9.17) is 0 Å². The molecule has 1 aromatic carbocycles. The lowest BCUT2D eigenvalue weighted by Gasteiger charge is -2.22. The Balaban J connectivity index is 2.09. The number of aliphatic carboxylic acids is 1. The molecule has 2 N–H and O–H groups in total. The summed E-state index contributed by atoms with van der Waals surface area (Å²) in [7, 11) is 0. The molecule has 0 heterocycles. The molecule has 1 atom stereocenters. The Morgan fingerprint density at radius 1 is 1.26 bits per heavy atom. The van der Waals surface area contributed by atoms with Crippen molar-refractivity contribution in [1.29, 1.82) is 0 Å². The van der Waals surface area contributed by atoms with Crippen molar-refractivity contribution in [2.45, 2.75) is 50.6 Å². The van der Waals surface area contributed by atoms with Gasteiger partial charge in [-0.3, -0.25) is 10.1 Å². The van der Waals surface area contributed by atoms with E-state index in [0.717, 1.165) is 22.9 Å². The number of benzene rings is 1. The molecular formula is C15H20BrNO2. The number of hydrogen-bond donors (Lipinski definition) is 2. The summed E-state index contributed by atoms with van der Waals surface area (Å²) >= 11 is 3.40. The van der Waals surface area contributed by atoms with Gasteiger partial charge in [0.25, 0.3) is 0 Å². The third-order valence-electron chi connectivity index (χ3n) is 3.69. The minimum Gasteiger partial charge on any atom is -0.480 e. The van der Waals surface area contributed by atoms with Crippen LogP contribution in [0.15, 0.2) is 28.7 Å². The van der Waals surface area contributed by atoms with Crippen LogP contribution in [0.2, 0.25) is 0 Å². The maximum Gasteiger partial charge on any atom is 0.325 e. The molecule has 2 rings (SSSR count). The molecule has 1 fully saturated rings. The first-order chi connectivity index (χ1) is 9.16. The van der Waals surface area contributed by atoms with Crippen molar-refractivity contribution in [2.75, 3.05) is 0 Å². The standard InChI is InChI=1S/C15H20BrNO2/c16-12-7-5-6-11(10-12)14(15(18)19)17-13-8-3-1-2-4-9-13/h5-7,10,13-14,17H,1-4,8-9H2,(H,18,19). The minimum absolute atomic E-state index is 0.322. The largest absolute Gasteiger partial charge is 0.480 e. The highest BCUT2D eigenvalue weighted by Crippen LogP contribution is 2.23. The SMILES string of the molecule is O=C(O)C(NC1CCCCCC1)c1cccc(Br)c1. The second-order valence-electron chi connectivity index (χ2n) is 5.18. The highest BCUT2D eigenvalue weighted by Gasteiger charge is 2.24. The van der Waals surface area contributed by atoms with Crippen LogP contribution >= 0.6 is 15.9 Å². The lowest BCUT2D eigenvalue weighted by molar-refractivity contribution is -0.140. The molecular weight excluding hydrogens is 306 g/mol. The van der Waals surface area contributed by atoms with Crippen molar-refractivity contribution in [2.24, 2.45) is 0 Å². The topological polar surface area (TPSA) is 49.3 Å². The number of carbonyl (C=O) groups is 1. The van der Waals surface area contributed by atoms with Crippen LogP contribution in [0.3, 0.4) is 0 Å². The predicted molar refractivity (Wildman–Crippen MR) is 79.1 cm³/mol. The van der Waals surface area contributed by atoms with Crippen LogP contribution in [-0.4, -0.2) is 17.1 Å². The van der Waals surface area contributed by atoms with Crippen molar-refractivity contribution >= 4 is 21.9 Å². The van der Waals surface area contributed by atoms with Crippen LogP contribution in [0.5, 0.6) is 0 Å². The van der Waals surface area contributed by atoms with Crippen molar-refractivity contribution in [3.8, 4) is 0 Å². The fraction of sp³-hybridized carbons (Fsp3) is 0.533. The summed E-state index contributed by atoms with van der Waals surface area (Å²) < 4.78 is 0.916. The monoisotopic (exact) mass is 325 g/mol. The van der Waals surface area contributed by atoms with Gasteiger partial charge in [0.15, 0.2) is 0 Å². The molecule has 19 heavy (non-hydrogen) atoms. The number of nitrogens with one attached hydrogen (secondary N) is 1. The van der Waals surface area contributed by atoms with E-state index >= 15 is 0 Å². The smallest absolute Gasteiger partial charge is 0.325 e. The van der Waals surface area contributed by atoms with E-state index < -0.39 is 12.0 Å². The molecule has 3 nitrogen and oxygen atoms in total. The van der Waals surface area contributed by atoms with Gasteiger partial charge in [0.2, 0.25) is 0 Å². The zero-order chi connectivity index (χ0) is 13.7. The fourth-order valence-electron chi connectivity index (χ4n) is 2.68. The molecule has 0 saturated heterocycles. The average Bonchev–Trinajstić information content (AvgIpc) is 2.64. The molecule has 1 saturated carbocycles. The van der Waals surface area contributed by atoms with Gasteiger partial charge in [-0.2, -0.15) is 0 Å². The maximum atomic E-state index is 11.5. The molecule has 1 aliphatic carbocycles. The van der Waals surface area contributed by atoms with E-state index in [2.05, 4.69) is 21.2 Å². The summed E-state index contributed by atoms with van der Waals surface area (Å²) in [6, 6.07) is 7.25. The third-order valence-corrected chi connectivity index (χ3v) is 4.18. The highest BCUT2D eigenvalue weighted by atomic mass is 79.9. The van der Waals surface area contributed by atoms with Crippen LogP contribution in [0.4, 0.5) is 0 Å². The van der Waals surface area contributed by atoms with Gasteiger partial charge in [-0.05, 0) is 30.5 Å². The lowest BCUT2D eigenvalue weighted by Crippen LogP contribution is -2.36. The Bertz CT molecular complexity index is 428. The molecule has 1 aromatic rings. The van der Waals surface area contributed by atoms with Gasteiger partial charge in [-0.25, -0.2) is 0 Å². The van der Waals surface area contributed by atoms with E-state index in [0.29, 0.717) is 6.04 Å². The zero-order valence-electron chi connectivity index (χ0n) is 10.9. The molecule has 0 aliphatic heterocycles. The van der Waals surface area contributed by atoms with E-state index in [1.807, 2.05) is 24.3 Å². The second kappa shape index (κ2) is 7.06. The van der Waals surface area contributed by atoms with Gasteiger partial charge in [-0.15, -0.1) is 0 Å². The van der Waals surface area contributed by atoms with Crippen LogP contribution < -0.4 is 5.32 Å². The van der Waals surface area contributed by atoms with Gasteiger partial charge >= 0.3 is 5.97 Å². The lowest BCUT2D eigenvalue weighted by atomic mass is 10.0. The first-order valence-electron chi connectivity index (χ1n) is 6.91. The van der Waals surface area contributed by atoms with E-state index in [1.54, 1.807) is 0 Å². The molecule has 4 heteroatoms. The molecule has 104 valence electrons. The van der Waals surface area contributed by atoms with Crippen LogP contribution in [0, 0.1) is 0 Å². The van der Waals surface area contributed by atoms with Gasteiger partial charge < -0.3 is 5.11 Å². The Kier molecular flexibility index (Phi) is 5.40. The quantitative estimate of drug-likeness (QED) is 0.826. The number of carboxylic acids is 1. The number of carboxylic acid groups (broad SMARTS) is 1. The van der Waals surface area contributed by atoms with Crippen molar-refractivity contribution in [3.63, 3.8) is 0 Å².